The van der Waals surface area contributed by atoms with Crippen LogP contribution >= 0.6 is 0 Å². The summed E-state index contributed by atoms with van der Waals surface area (Å²) in [6.45, 7) is 10.6. The molecule has 0 radical (unpaired) electrons. The Labute approximate surface area is 216 Å². The van der Waals surface area contributed by atoms with Crippen LogP contribution < -0.4 is 0 Å². The van der Waals surface area contributed by atoms with Crippen LogP contribution in [-0.4, -0.2) is 125 Å². The van der Waals surface area contributed by atoms with E-state index in [1.165, 1.54) is 6.42 Å². The van der Waals surface area contributed by atoms with Crippen LogP contribution in [0.5, 0.6) is 0 Å². The first-order valence-corrected chi connectivity index (χ1v) is 13.3. The van der Waals surface area contributed by atoms with Gasteiger partial charge in [-0.25, -0.2) is 0 Å². The molecule has 1 saturated heterocycles. The summed E-state index contributed by atoms with van der Waals surface area (Å²) in [4.78, 5) is 11.2. The van der Waals surface area contributed by atoms with Gasteiger partial charge in [-0.15, -0.1) is 0 Å². The number of hydrogen-bond donors (Lipinski definition) is 0. The molecule has 1 heterocycles. The van der Waals surface area contributed by atoms with Gasteiger partial charge in [0.1, 0.15) is 6.61 Å². The molecule has 11 nitrogen and oxygen atoms in total. The Morgan fingerprint density at radius 3 is 1.42 bits per heavy atom. The molecule has 1 atom stereocenters. The number of carbonyl (C=O) groups excluding carboxylic acids is 1. The summed E-state index contributed by atoms with van der Waals surface area (Å²) in [6.07, 6.45) is 4.43. The Hall–Kier alpha value is -0.890. The average Bonchev–Trinajstić information content (AvgIpc) is 2.89. The molecule has 1 unspecified atom stereocenters. The number of rotatable bonds is 27. The maximum atomic E-state index is 11.2. The van der Waals surface area contributed by atoms with Crippen LogP contribution in [0.15, 0.2) is 0 Å². The van der Waals surface area contributed by atoms with E-state index in [1.807, 2.05) is 6.92 Å². The summed E-state index contributed by atoms with van der Waals surface area (Å²) in [6, 6.07) is 0. The van der Waals surface area contributed by atoms with E-state index < -0.39 is 0 Å². The second kappa shape index (κ2) is 27.2. The van der Waals surface area contributed by atoms with Crippen LogP contribution in [0.1, 0.15) is 39.0 Å². The van der Waals surface area contributed by atoms with Crippen molar-refractivity contribution in [3.63, 3.8) is 0 Å². The zero-order chi connectivity index (χ0) is 25.8. The molecule has 1 rings (SSSR count). The van der Waals surface area contributed by atoms with Crippen molar-refractivity contribution in [1.82, 2.24) is 0 Å². The zero-order valence-electron chi connectivity index (χ0n) is 22.1. The standard InChI is InChI=1S/C25H48O11/c1-2-5-24(26)34-22-20-32-18-16-30-14-12-28-10-8-27-9-11-29-13-15-31-17-19-33-21-23-36-25-6-3-4-7-35-25/h25H,2-23H2,1H3. The van der Waals surface area contributed by atoms with E-state index in [4.69, 9.17) is 47.4 Å². The zero-order valence-corrected chi connectivity index (χ0v) is 22.1. The molecule has 0 spiro atoms. The fraction of sp³-hybridized carbons (Fsp3) is 0.960. The normalized spacial score (nSPS) is 15.9. The summed E-state index contributed by atoms with van der Waals surface area (Å²) < 4.78 is 54.0. The maximum Gasteiger partial charge on any atom is 0.305 e. The Bertz CT molecular complexity index is 461. The molecule has 0 aromatic carbocycles. The molecule has 214 valence electrons. The molecular formula is C25H48O11. The number of ether oxygens (including phenoxy) is 10. The van der Waals surface area contributed by atoms with Crippen LogP contribution in [0, 0.1) is 0 Å². The van der Waals surface area contributed by atoms with E-state index in [1.54, 1.807) is 0 Å². The highest BCUT2D eigenvalue weighted by Crippen LogP contribution is 2.13. The fourth-order valence-electron chi connectivity index (χ4n) is 2.99. The predicted octanol–water partition coefficient (Wildman–Crippen LogP) is 1.99. The highest BCUT2D eigenvalue weighted by molar-refractivity contribution is 5.69. The molecule has 0 N–H and O–H groups in total. The molecule has 1 fully saturated rings. The lowest BCUT2D eigenvalue weighted by Crippen LogP contribution is -2.24. The molecule has 0 bridgehead atoms. The van der Waals surface area contributed by atoms with Crippen molar-refractivity contribution in [2.45, 2.75) is 45.3 Å². The van der Waals surface area contributed by atoms with Gasteiger partial charge in [-0.05, 0) is 25.7 Å². The van der Waals surface area contributed by atoms with Crippen molar-refractivity contribution in [3.8, 4) is 0 Å². The number of hydrogen-bond acceptors (Lipinski definition) is 11. The largest absolute Gasteiger partial charge is 0.463 e. The lowest BCUT2D eigenvalue weighted by molar-refractivity contribution is -0.169. The minimum atomic E-state index is -0.184. The quantitative estimate of drug-likeness (QED) is 0.116. The molecule has 1 aliphatic heterocycles. The third-order valence-corrected chi connectivity index (χ3v) is 4.85. The molecule has 0 saturated carbocycles. The van der Waals surface area contributed by atoms with Crippen molar-refractivity contribution in [2.75, 3.05) is 112 Å². The van der Waals surface area contributed by atoms with Gasteiger partial charge in [0.2, 0.25) is 0 Å². The van der Waals surface area contributed by atoms with Crippen LogP contribution in [0.3, 0.4) is 0 Å². The number of carbonyl (C=O) groups is 1. The lowest BCUT2D eigenvalue weighted by Gasteiger charge is -2.22. The van der Waals surface area contributed by atoms with Gasteiger partial charge in [-0.2, -0.15) is 0 Å². The summed E-state index contributed by atoms with van der Waals surface area (Å²) in [5.74, 6) is -0.184. The van der Waals surface area contributed by atoms with Crippen molar-refractivity contribution in [2.24, 2.45) is 0 Å². The first-order chi connectivity index (χ1) is 17.8. The van der Waals surface area contributed by atoms with Gasteiger partial charge in [-0.1, -0.05) is 6.92 Å². The first-order valence-electron chi connectivity index (χ1n) is 13.3. The van der Waals surface area contributed by atoms with Crippen molar-refractivity contribution < 1.29 is 52.2 Å². The molecule has 11 heteroatoms. The van der Waals surface area contributed by atoms with E-state index >= 15 is 0 Å². The molecule has 0 aromatic heterocycles. The van der Waals surface area contributed by atoms with E-state index in [2.05, 4.69) is 0 Å². The lowest BCUT2D eigenvalue weighted by atomic mass is 10.2. The summed E-state index contributed by atoms with van der Waals surface area (Å²) >= 11 is 0. The van der Waals surface area contributed by atoms with Crippen molar-refractivity contribution in [3.05, 3.63) is 0 Å². The van der Waals surface area contributed by atoms with Gasteiger partial charge in [-0.3, -0.25) is 4.79 Å². The average molecular weight is 525 g/mol. The smallest absolute Gasteiger partial charge is 0.305 e. The molecule has 0 aliphatic carbocycles. The topological polar surface area (TPSA) is 109 Å². The second-order valence-electron chi connectivity index (χ2n) is 7.92. The van der Waals surface area contributed by atoms with Gasteiger partial charge in [0.15, 0.2) is 6.29 Å². The Kier molecular flexibility index (Phi) is 25.0. The summed E-state index contributed by atoms with van der Waals surface area (Å²) in [7, 11) is 0. The van der Waals surface area contributed by atoms with Crippen molar-refractivity contribution >= 4 is 5.97 Å². The first kappa shape index (κ1) is 33.1. The van der Waals surface area contributed by atoms with E-state index in [0.717, 1.165) is 25.9 Å². The molecule has 0 aromatic rings. The van der Waals surface area contributed by atoms with Gasteiger partial charge >= 0.3 is 5.97 Å². The second-order valence-corrected chi connectivity index (χ2v) is 7.92. The fourth-order valence-corrected chi connectivity index (χ4v) is 2.99. The van der Waals surface area contributed by atoms with Gasteiger partial charge in [0.25, 0.3) is 0 Å². The van der Waals surface area contributed by atoms with Crippen LogP contribution in [0.25, 0.3) is 0 Å². The minimum absolute atomic E-state index is 0.0641. The van der Waals surface area contributed by atoms with Gasteiger partial charge < -0.3 is 47.4 Å². The summed E-state index contributed by atoms with van der Waals surface area (Å²) in [5, 5.41) is 0. The molecule has 0 amide bonds. The minimum Gasteiger partial charge on any atom is -0.463 e. The predicted molar refractivity (Wildman–Crippen MR) is 131 cm³/mol. The monoisotopic (exact) mass is 524 g/mol. The Balaban J connectivity index is 1.63. The van der Waals surface area contributed by atoms with E-state index in [0.29, 0.717) is 106 Å². The molecule has 36 heavy (non-hydrogen) atoms. The SMILES string of the molecule is CCCC(=O)OCCOCCOCCOCCOCCOCCOCCOCCOC1CCCCO1. The molecule has 1 aliphatic rings. The van der Waals surface area contributed by atoms with Crippen LogP contribution in [0.2, 0.25) is 0 Å². The number of esters is 1. The maximum absolute atomic E-state index is 11.2. The Morgan fingerprint density at radius 2 is 1.03 bits per heavy atom. The van der Waals surface area contributed by atoms with E-state index in [9.17, 15) is 4.79 Å². The van der Waals surface area contributed by atoms with Gasteiger partial charge in [0.05, 0.1) is 99.1 Å². The van der Waals surface area contributed by atoms with E-state index in [-0.39, 0.29) is 18.9 Å². The van der Waals surface area contributed by atoms with Crippen molar-refractivity contribution in [1.29, 1.82) is 0 Å². The Morgan fingerprint density at radius 1 is 0.611 bits per heavy atom. The highest BCUT2D eigenvalue weighted by atomic mass is 16.7. The summed E-state index contributed by atoms with van der Waals surface area (Å²) in [5.41, 5.74) is 0. The van der Waals surface area contributed by atoms with Crippen LogP contribution in [-0.2, 0) is 52.2 Å². The highest BCUT2D eigenvalue weighted by Gasteiger charge is 2.13. The van der Waals surface area contributed by atoms with Gasteiger partial charge in [0, 0.05) is 13.0 Å². The molecular weight excluding hydrogens is 476 g/mol. The third-order valence-electron chi connectivity index (χ3n) is 4.85. The third kappa shape index (κ3) is 23.5. The van der Waals surface area contributed by atoms with Crippen LogP contribution in [0.4, 0.5) is 0 Å².